The zero-order valence-corrected chi connectivity index (χ0v) is 42.8. The molecule has 0 saturated carbocycles. The number of hydrogen-bond donors (Lipinski definition) is 4. The first kappa shape index (κ1) is 49.9. The van der Waals surface area contributed by atoms with Crippen LogP contribution in [0.25, 0.3) is 0 Å². The van der Waals surface area contributed by atoms with Crippen LogP contribution in [0, 0.1) is 0 Å². The molecular formula is C50H44N4O4S4Sb2. The molecule has 4 amide bonds. The van der Waals surface area contributed by atoms with Crippen molar-refractivity contribution in [1.29, 1.82) is 0 Å². The summed E-state index contributed by atoms with van der Waals surface area (Å²) in [6, 6.07) is 39.7. The predicted octanol–water partition coefficient (Wildman–Crippen LogP) is 9.96. The minimum absolute atomic E-state index is 0.200. The zero-order chi connectivity index (χ0) is 45.5. The Labute approximate surface area is 400 Å². The first-order valence-corrected chi connectivity index (χ1v) is 37.5. The summed E-state index contributed by atoms with van der Waals surface area (Å²) < 4.78 is 2.54. The van der Waals surface area contributed by atoms with Gasteiger partial charge in [0.25, 0.3) is 0 Å². The van der Waals surface area contributed by atoms with E-state index >= 15 is 0 Å². The molecule has 0 radical (unpaired) electrons. The molecule has 0 unspecified atom stereocenters. The number of rotatable bonds is 22. The molecule has 8 nitrogen and oxygen atoms in total. The summed E-state index contributed by atoms with van der Waals surface area (Å²) in [6.07, 6.45) is 19.3. The summed E-state index contributed by atoms with van der Waals surface area (Å²) in [5.41, 5.74) is 2.22. The van der Waals surface area contributed by atoms with E-state index in [0.717, 1.165) is 19.6 Å². The topological polar surface area (TPSA) is 116 Å². The fraction of sp³-hybridized carbons (Fsp3) is 0. The SMILES string of the molecule is C=CC=CNC(=O)c1ccc([S][Sb]([S]c2ccc(C(=O)NC=CC=C)cc2)[c]2cc[c]([Sb]([S]c3ccc(C(=O)NC=CC=C)cc3)[S]c3ccc(C(=O)NC=CC=C)cc3)cc2)cc1. The maximum absolute atomic E-state index is 12.7. The summed E-state index contributed by atoms with van der Waals surface area (Å²) >= 11 is -5.00. The van der Waals surface area contributed by atoms with Crippen molar-refractivity contribution in [2.24, 2.45) is 0 Å². The molecule has 0 spiro atoms. The van der Waals surface area contributed by atoms with E-state index in [-0.39, 0.29) is 23.6 Å². The van der Waals surface area contributed by atoms with Gasteiger partial charge in [0.1, 0.15) is 0 Å². The van der Waals surface area contributed by atoms with Gasteiger partial charge in [-0.3, -0.25) is 0 Å². The van der Waals surface area contributed by atoms with Gasteiger partial charge < -0.3 is 0 Å². The molecule has 0 aromatic heterocycles. The van der Waals surface area contributed by atoms with E-state index in [4.69, 9.17) is 0 Å². The van der Waals surface area contributed by atoms with Crippen LogP contribution in [0.3, 0.4) is 0 Å². The molecule has 0 fully saturated rings. The Hall–Kier alpha value is -5.06. The predicted molar refractivity (Wildman–Crippen MR) is 274 cm³/mol. The Morgan fingerprint density at radius 2 is 0.547 bits per heavy atom. The Balaban J connectivity index is 1.43. The molecular weight excluding hydrogens is 1090 g/mol. The Morgan fingerprint density at radius 1 is 0.344 bits per heavy atom. The number of amides is 4. The third kappa shape index (κ3) is 16.2. The number of hydrogen-bond acceptors (Lipinski definition) is 8. The standard InChI is InChI=1S/4C11H11NOS.C6H4.2Sb/c4*1-2-3-8-12-11(13)9-4-6-10(14)7-5-9;1-2-4-6-5-3-1;;/h4*2-8,14H,1H2,(H,12,13);1-2,5-6H;;/q;;;;;2*+2/p-4. The summed E-state index contributed by atoms with van der Waals surface area (Å²) in [4.78, 5) is 55.0. The number of nitrogens with one attached hydrogen (secondary N) is 4. The van der Waals surface area contributed by atoms with Gasteiger partial charge in [-0.25, -0.2) is 0 Å². The van der Waals surface area contributed by atoms with Gasteiger partial charge in [-0.05, 0) is 0 Å². The Morgan fingerprint density at radius 3 is 0.734 bits per heavy atom. The molecule has 14 heteroatoms. The van der Waals surface area contributed by atoms with Crippen molar-refractivity contribution in [3.05, 3.63) is 243 Å². The van der Waals surface area contributed by atoms with Crippen molar-refractivity contribution < 1.29 is 19.2 Å². The van der Waals surface area contributed by atoms with Crippen LogP contribution < -0.4 is 28.3 Å². The normalized spacial score (nSPS) is 11.3. The fourth-order valence-corrected chi connectivity index (χ4v) is 36.3. The van der Waals surface area contributed by atoms with Crippen LogP contribution >= 0.6 is 35.4 Å². The maximum atomic E-state index is 12.7. The van der Waals surface area contributed by atoms with Crippen molar-refractivity contribution >= 4 is 101 Å². The molecule has 5 aromatic carbocycles. The summed E-state index contributed by atoms with van der Waals surface area (Å²) in [5, 5.41) is 11.0. The Bertz CT molecular complexity index is 2210. The van der Waals surface area contributed by atoms with Crippen LogP contribution in [0.15, 0.2) is 241 Å². The second-order valence-electron chi connectivity index (χ2n) is 12.8. The number of benzene rings is 5. The van der Waals surface area contributed by atoms with E-state index in [1.165, 1.54) is 7.02 Å². The quantitative estimate of drug-likeness (QED) is 0.0400. The fourth-order valence-electron chi connectivity index (χ4n) is 5.10. The first-order chi connectivity index (χ1) is 31.2. The van der Waals surface area contributed by atoms with Gasteiger partial charge >= 0.3 is 404 Å². The van der Waals surface area contributed by atoms with E-state index in [9.17, 15) is 19.2 Å². The molecule has 0 aliphatic carbocycles. The van der Waals surface area contributed by atoms with Crippen molar-refractivity contribution in [2.45, 2.75) is 19.6 Å². The van der Waals surface area contributed by atoms with Crippen molar-refractivity contribution in [3.63, 3.8) is 0 Å². The Kier molecular flexibility index (Phi) is 21.3. The van der Waals surface area contributed by atoms with Crippen LogP contribution in [0.5, 0.6) is 0 Å². The van der Waals surface area contributed by atoms with Crippen LogP contribution in [-0.4, -0.2) is 58.4 Å². The molecule has 5 aromatic rings. The molecule has 0 aliphatic rings. The van der Waals surface area contributed by atoms with E-state index in [1.54, 1.807) is 73.4 Å². The van der Waals surface area contributed by atoms with Crippen molar-refractivity contribution in [2.75, 3.05) is 0 Å². The van der Waals surface area contributed by atoms with Gasteiger partial charge in [-0.2, -0.15) is 0 Å². The van der Waals surface area contributed by atoms with Crippen LogP contribution in [0.4, 0.5) is 0 Å². The zero-order valence-electron chi connectivity index (χ0n) is 34.5. The number of carbonyl (C=O) groups is 4. The minimum atomic E-state index is -2.50. The molecule has 64 heavy (non-hydrogen) atoms. The van der Waals surface area contributed by atoms with Crippen LogP contribution in [0.1, 0.15) is 41.4 Å². The second kappa shape index (κ2) is 27.3. The molecule has 0 aliphatic heterocycles. The summed E-state index contributed by atoms with van der Waals surface area (Å²) in [7, 11) is 7.41. The average molecular weight is 1140 g/mol. The van der Waals surface area contributed by atoms with Crippen LogP contribution in [0.2, 0.25) is 0 Å². The molecule has 0 heterocycles. The van der Waals surface area contributed by atoms with E-state index in [0.29, 0.717) is 22.3 Å². The van der Waals surface area contributed by atoms with Gasteiger partial charge in [0.05, 0.1) is 0 Å². The van der Waals surface area contributed by atoms with Gasteiger partial charge in [0.15, 0.2) is 0 Å². The second-order valence-corrected chi connectivity index (χ2v) is 40.4. The van der Waals surface area contributed by atoms with E-state index in [2.05, 4.69) is 71.8 Å². The monoisotopic (exact) mass is 1130 g/mol. The summed E-state index contributed by atoms with van der Waals surface area (Å²) in [6.45, 7) is 14.6. The van der Waals surface area contributed by atoms with Gasteiger partial charge in [-0.1, -0.05) is 0 Å². The third-order valence-electron chi connectivity index (χ3n) is 8.28. The third-order valence-corrected chi connectivity index (χ3v) is 39.5. The number of allylic oxidation sites excluding steroid dienone is 8. The van der Waals surface area contributed by atoms with E-state index in [1.807, 2.05) is 132 Å². The average Bonchev–Trinajstić information content (AvgIpc) is 3.32. The summed E-state index contributed by atoms with van der Waals surface area (Å²) in [5.74, 6) is -0.802. The van der Waals surface area contributed by atoms with Gasteiger partial charge in [0.2, 0.25) is 0 Å². The molecule has 5 rings (SSSR count). The van der Waals surface area contributed by atoms with Crippen molar-refractivity contribution in [1.82, 2.24) is 21.3 Å². The molecule has 4 N–H and O–H groups in total. The molecule has 322 valence electrons. The molecule has 0 bridgehead atoms. The van der Waals surface area contributed by atoms with Gasteiger partial charge in [0, 0.05) is 0 Å². The van der Waals surface area contributed by atoms with Gasteiger partial charge in [-0.15, -0.1) is 0 Å². The van der Waals surface area contributed by atoms with E-state index < -0.39 is 34.8 Å². The molecule has 0 saturated heterocycles. The van der Waals surface area contributed by atoms with Crippen LogP contribution in [-0.2, 0) is 0 Å². The first-order valence-electron chi connectivity index (χ1n) is 19.4. The molecule has 0 atom stereocenters. The van der Waals surface area contributed by atoms with Crippen molar-refractivity contribution in [3.8, 4) is 0 Å². The number of carbonyl (C=O) groups excluding carboxylic acids is 4.